The third-order valence-electron chi connectivity index (χ3n) is 9.41. The maximum absolute atomic E-state index is 14.0. The minimum Gasteiger partial charge on any atom is -0.282 e. The molecule has 244 valence electrons. The molecule has 0 atom stereocenters. The van der Waals surface area contributed by atoms with E-state index in [1.54, 1.807) is 36.4 Å². The number of para-hydroxylation sites is 1. The molecule has 0 saturated heterocycles. The van der Waals surface area contributed by atoms with Crippen molar-refractivity contribution in [1.29, 1.82) is 0 Å². The number of hydrogen-bond acceptors (Lipinski definition) is 8. The summed E-state index contributed by atoms with van der Waals surface area (Å²) >= 11 is 0. The molecule has 4 amide bonds. The number of imide groups is 2. The maximum atomic E-state index is 14.0. The summed E-state index contributed by atoms with van der Waals surface area (Å²) in [6.07, 6.45) is 0. The molecule has 7 aromatic rings. The first-order chi connectivity index (χ1) is 23.8. The number of carbonyl (C=O) groups excluding carboxylic acids is 4. The second kappa shape index (κ2) is 9.77. The Kier molecular flexibility index (Phi) is 5.87. The van der Waals surface area contributed by atoms with Gasteiger partial charge in [-0.1, -0.05) is 36.4 Å². The summed E-state index contributed by atoms with van der Waals surface area (Å²) < 4.78 is 66.6. The zero-order valence-electron chi connectivity index (χ0n) is 25.1. The highest BCUT2D eigenvalue weighted by Crippen LogP contribution is 2.47. The lowest BCUT2D eigenvalue weighted by atomic mass is 9.82. The van der Waals surface area contributed by atoms with E-state index in [-0.39, 0.29) is 33.6 Å². The number of carbonyl (C=O) groups is 4. The maximum Gasteiger partial charge on any atom is 0.296 e. The number of hydrogen-bond donors (Lipinski definition) is 2. The second-order valence-corrected chi connectivity index (χ2v) is 14.8. The van der Waals surface area contributed by atoms with Crippen molar-refractivity contribution in [3.8, 4) is 0 Å². The van der Waals surface area contributed by atoms with E-state index in [0.29, 0.717) is 43.1 Å². The van der Waals surface area contributed by atoms with Crippen LogP contribution in [-0.2, 0) is 20.2 Å². The van der Waals surface area contributed by atoms with Crippen LogP contribution in [0.3, 0.4) is 0 Å². The molecular weight excluding hydrogens is 685 g/mol. The Balaban J connectivity index is 1.26. The standard InChI is InChI=1S/C36H18N2O10S2/c39-33-23-13-9-19-21-11-15-25-32-26(36(42)38(35(25)41)27-3-1-2-4-28(27)50(46,47)48)16-12-22(30(21)32)20-10-14-24(31(23)29(19)20)34(40)37(33)17-5-7-18(8-6-17)49(43,44)45/h1-16H,(H,43,44,45)(H,46,47,48). The molecule has 2 heterocycles. The highest BCUT2D eigenvalue weighted by atomic mass is 32.2. The van der Waals surface area contributed by atoms with Crippen LogP contribution in [0.25, 0.3) is 43.1 Å². The number of fused-ring (bicyclic) bond motifs is 2. The molecule has 0 aromatic heterocycles. The highest BCUT2D eigenvalue weighted by Gasteiger charge is 2.39. The van der Waals surface area contributed by atoms with E-state index >= 15 is 0 Å². The van der Waals surface area contributed by atoms with E-state index < -0.39 is 53.7 Å². The lowest BCUT2D eigenvalue weighted by molar-refractivity contribution is 0.0877. The molecule has 14 heteroatoms. The summed E-state index contributed by atoms with van der Waals surface area (Å²) in [5.41, 5.74) is 0.559. The van der Waals surface area contributed by atoms with Crippen molar-refractivity contribution in [3.05, 3.63) is 119 Å². The minimum atomic E-state index is -4.79. The summed E-state index contributed by atoms with van der Waals surface area (Å²) in [6, 6.07) is 23.0. The Bertz CT molecular complexity index is 2890. The van der Waals surface area contributed by atoms with Crippen molar-refractivity contribution >= 4 is 98.3 Å². The first kappa shape index (κ1) is 30.0. The fourth-order valence-corrected chi connectivity index (χ4v) is 8.50. The zero-order chi connectivity index (χ0) is 35.0. The average Bonchev–Trinajstić information content (AvgIpc) is 3.08. The Morgan fingerprint density at radius 3 is 1.22 bits per heavy atom. The van der Waals surface area contributed by atoms with Crippen LogP contribution in [-0.4, -0.2) is 49.6 Å². The molecule has 2 N–H and O–H groups in total. The van der Waals surface area contributed by atoms with Gasteiger partial charge in [0.15, 0.2) is 0 Å². The van der Waals surface area contributed by atoms with Gasteiger partial charge in [-0.05, 0) is 93.0 Å². The Morgan fingerprint density at radius 2 is 0.820 bits per heavy atom. The molecule has 0 unspecified atom stereocenters. The Morgan fingerprint density at radius 1 is 0.420 bits per heavy atom. The predicted molar refractivity (Wildman–Crippen MR) is 182 cm³/mol. The van der Waals surface area contributed by atoms with Crippen molar-refractivity contribution in [2.24, 2.45) is 0 Å². The molecule has 7 aromatic carbocycles. The normalized spacial score (nSPS) is 15.0. The molecular formula is C36H18N2O10S2. The van der Waals surface area contributed by atoms with Gasteiger partial charge < -0.3 is 0 Å². The quantitative estimate of drug-likeness (QED) is 0.0979. The van der Waals surface area contributed by atoms with Crippen LogP contribution in [0.5, 0.6) is 0 Å². The minimum absolute atomic E-state index is 0.110. The van der Waals surface area contributed by atoms with E-state index in [0.717, 1.165) is 28.0 Å². The lowest BCUT2D eigenvalue weighted by Gasteiger charge is -2.30. The topological polar surface area (TPSA) is 184 Å². The van der Waals surface area contributed by atoms with Crippen molar-refractivity contribution in [2.75, 3.05) is 9.80 Å². The van der Waals surface area contributed by atoms with Crippen molar-refractivity contribution in [3.63, 3.8) is 0 Å². The van der Waals surface area contributed by atoms with E-state index in [1.165, 1.54) is 42.5 Å². The summed E-state index contributed by atoms with van der Waals surface area (Å²) in [5, 5.41) is 4.59. The van der Waals surface area contributed by atoms with Gasteiger partial charge in [0.25, 0.3) is 43.9 Å². The van der Waals surface area contributed by atoms with Gasteiger partial charge in [-0.15, -0.1) is 0 Å². The van der Waals surface area contributed by atoms with Crippen LogP contribution in [0.15, 0.2) is 107 Å². The van der Waals surface area contributed by atoms with Crippen LogP contribution in [0.4, 0.5) is 11.4 Å². The van der Waals surface area contributed by atoms with Crippen LogP contribution < -0.4 is 9.80 Å². The molecule has 0 fully saturated rings. The zero-order valence-corrected chi connectivity index (χ0v) is 26.7. The van der Waals surface area contributed by atoms with E-state index in [9.17, 15) is 45.1 Å². The largest absolute Gasteiger partial charge is 0.296 e. The molecule has 0 saturated carbocycles. The molecule has 9 rings (SSSR count). The van der Waals surface area contributed by atoms with Crippen LogP contribution in [0.1, 0.15) is 41.4 Å². The van der Waals surface area contributed by atoms with Gasteiger partial charge in [0.2, 0.25) is 0 Å². The Labute approximate surface area is 281 Å². The van der Waals surface area contributed by atoms with Crippen molar-refractivity contribution in [2.45, 2.75) is 9.79 Å². The SMILES string of the molecule is O=C1c2ccc3c4ccc5c6c(ccc(c7ccc(c2c37)C(=O)N1c1ccc(S(=O)(=O)O)cc1)c64)C(=O)N(c1ccccc1S(=O)(=O)O)C5=O. The summed E-state index contributed by atoms with van der Waals surface area (Å²) in [7, 11) is -9.29. The summed E-state index contributed by atoms with van der Waals surface area (Å²) in [5.74, 6) is -2.83. The smallest absolute Gasteiger partial charge is 0.282 e. The predicted octanol–water partition coefficient (Wildman–Crippen LogP) is 5.83. The molecule has 0 bridgehead atoms. The second-order valence-electron chi connectivity index (χ2n) is 11.9. The van der Waals surface area contributed by atoms with Gasteiger partial charge in [-0.3, -0.25) is 28.3 Å². The van der Waals surface area contributed by atoms with Gasteiger partial charge in [0.1, 0.15) is 4.90 Å². The molecule has 12 nitrogen and oxygen atoms in total. The van der Waals surface area contributed by atoms with Crippen LogP contribution >= 0.6 is 0 Å². The monoisotopic (exact) mass is 702 g/mol. The number of anilines is 2. The van der Waals surface area contributed by atoms with E-state index in [4.69, 9.17) is 0 Å². The van der Waals surface area contributed by atoms with E-state index in [1.807, 2.05) is 0 Å². The summed E-state index contributed by atoms with van der Waals surface area (Å²) in [4.78, 5) is 56.5. The fraction of sp³-hybridized carbons (Fsp3) is 0. The number of rotatable bonds is 4. The molecule has 0 aliphatic carbocycles. The van der Waals surface area contributed by atoms with E-state index in [2.05, 4.69) is 0 Å². The first-order valence-corrected chi connectivity index (χ1v) is 17.8. The average molecular weight is 703 g/mol. The third kappa shape index (κ3) is 3.86. The van der Waals surface area contributed by atoms with Crippen molar-refractivity contribution in [1.82, 2.24) is 0 Å². The van der Waals surface area contributed by atoms with Gasteiger partial charge in [0.05, 0.1) is 16.3 Å². The molecule has 2 aliphatic heterocycles. The van der Waals surface area contributed by atoms with Crippen molar-refractivity contribution < 1.29 is 45.1 Å². The number of amides is 4. The number of benzene rings is 7. The van der Waals surface area contributed by atoms with Gasteiger partial charge in [-0.2, -0.15) is 16.8 Å². The van der Waals surface area contributed by atoms with Gasteiger partial charge >= 0.3 is 0 Å². The first-order valence-electron chi connectivity index (χ1n) is 14.9. The summed E-state index contributed by atoms with van der Waals surface area (Å²) in [6.45, 7) is 0. The fourth-order valence-electron chi connectivity index (χ4n) is 7.35. The van der Waals surface area contributed by atoms with Gasteiger partial charge in [-0.25, -0.2) is 9.80 Å². The Hall–Kier alpha value is -6.06. The number of nitrogens with zero attached hydrogens (tertiary/aromatic N) is 2. The van der Waals surface area contributed by atoms with Crippen LogP contribution in [0.2, 0.25) is 0 Å². The molecule has 50 heavy (non-hydrogen) atoms. The molecule has 0 spiro atoms. The third-order valence-corrected chi connectivity index (χ3v) is 11.2. The van der Waals surface area contributed by atoms with Gasteiger partial charge in [0, 0.05) is 33.0 Å². The van der Waals surface area contributed by atoms with Crippen LogP contribution in [0, 0.1) is 0 Å². The highest BCUT2D eigenvalue weighted by molar-refractivity contribution is 7.86. The molecule has 0 radical (unpaired) electrons. The lowest BCUT2D eigenvalue weighted by Crippen LogP contribution is -2.41. The molecule has 2 aliphatic rings.